The average Bonchev–Trinajstić information content (AvgIpc) is 2.64. The number of thiocarbonyl (C=S) groups is 1. The van der Waals surface area contributed by atoms with Gasteiger partial charge in [0.05, 0.1) is 16.7 Å². The summed E-state index contributed by atoms with van der Waals surface area (Å²) < 4.78 is 1.59. The fourth-order valence-corrected chi connectivity index (χ4v) is 3.17. The molecule has 2 aromatic heterocycles. The molecule has 4 nitrogen and oxygen atoms in total. The molecule has 6 heteroatoms. The lowest BCUT2D eigenvalue weighted by Gasteiger charge is -2.04. The summed E-state index contributed by atoms with van der Waals surface area (Å²) in [6.45, 7) is 4.58. The maximum atomic E-state index is 12.4. The van der Waals surface area contributed by atoms with Gasteiger partial charge in [-0.3, -0.25) is 9.36 Å². The number of aromatic nitrogens is 2. The SMILES string of the molecule is CCc1c(C)sc2ncn(CCC(N)=S)c(=O)c12. The van der Waals surface area contributed by atoms with Gasteiger partial charge < -0.3 is 5.73 Å². The first-order valence-electron chi connectivity index (χ1n) is 5.80. The van der Waals surface area contributed by atoms with E-state index in [2.05, 4.69) is 11.9 Å². The number of fused-ring (bicyclic) bond motifs is 1. The van der Waals surface area contributed by atoms with Gasteiger partial charge in [0, 0.05) is 17.8 Å². The summed E-state index contributed by atoms with van der Waals surface area (Å²) in [6, 6.07) is 0. The summed E-state index contributed by atoms with van der Waals surface area (Å²) in [5.74, 6) is 0. The van der Waals surface area contributed by atoms with Crippen LogP contribution in [0.1, 0.15) is 23.8 Å². The van der Waals surface area contributed by atoms with E-state index in [0.29, 0.717) is 18.0 Å². The highest BCUT2D eigenvalue weighted by Gasteiger charge is 2.13. The van der Waals surface area contributed by atoms with Gasteiger partial charge in [-0.2, -0.15) is 0 Å². The van der Waals surface area contributed by atoms with Crippen LogP contribution in [0, 0.1) is 6.92 Å². The summed E-state index contributed by atoms with van der Waals surface area (Å²) in [7, 11) is 0. The molecule has 0 aromatic carbocycles. The molecule has 96 valence electrons. The first kappa shape index (κ1) is 13.2. The zero-order chi connectivity index (χ0) is 13.3. The number of hydrogen-bond acceptors (Lipinski definition) is 4. The van der Waals surface area contributed by atoms with E-state index in [1.54, 1.807) is 22.2 Å². The number of nitrogens with zero attached hydrogens (tertiary/aromatic N) is 2. The lowest BCUT2D eigenvalue weighted by Crippen LogP contribution is -2.23. The van der Waals surface area contributed by atoms with Crippen LogP contribution in [0.4, 0.5) is 0 Å². The summed E-state index contributed by atoms with van der Waals surface area (Å²) in [4.78, 5) is 19.1. The highest BCUT2D eigenvalue weighted by Crippen LogP contribution is 2.26. The zero-order valence-corrected chi connectivity index (χ0v) is 12.0. The Morgan fingerprint density at radius 3 is 2.94 bits per heavy atom. The van der Waals surface area contributed by atoms with Crippen LogP contribution in [-0.2, 0) is 13.0 Å². The molecule has 0 aliphatic carbocycles. The quantitative estimate of drug-likeness (QED) is 0.871. The minimum Gasteiger partial charge on any atom is -0.393 e. The predicted octanol–water partition coefficient (Wildman–Crippen LogP) is 2.01. The topological polar surface area (TPSA) is 60.9 Å². The van der Waals surface area contributed by atoms with Gasteiger partial charge in [0.1, 0.15) is 4.83 Å². The van der Waals surface area contributed by atoms with E-state index in [1.165, 1.54) is 4.88 Å². The summed E-state index contributed by atoms with van der Waals surface area (Å²) in [6.07, 6.45) is 2.95. The number of hydrogen-bond donors (Lipinski definition) is 1. The van der Waals surface area contributed by atoms with Gasteiger partial charge in [0.2, 0.25) is 0 Å². The average molecular weight is 281 g/mol. The van der Waals surface area contributed by atoms with Crippen LogP contribution in [0.25, 0.3) is 10.2 Å². The fraction of sp³-hybridized carbons (Fsp3) is 0.417. The number of nitrogens with two attached hydrogens (primary N) is 1. The molecule has 0 unspecified atom stereocenters. The van der Waals surface area contributed by atoms with E-state index < -0.39 is 0 Å². The molecule has 2 rings (SSSR count). The van der Waals surface area contributed by atoms with E-state index in [-0.39, 0.29) is 5.56 Å². The van der Waals surface area contributed by atoms with Crippen LogP contribution in [0.3, 0.4) is 0 Å². The van der Waals surface area contributed by atoms with E-state index >= 15 is 0 Å². The third kappa shape index (κ3) is 2.30. The van der Waals surface area contributed by atoms with E-state index in [1.807, 2.05) is 6.92 Å². The molecule has 0 spiro atoms. The van der Waals surface area contributed by atoms with Crippen molar-refractivity contribution < 1.29 is 0 Å². The van der Waals surface area contributed by atoms with Crippen molar-refractivity contribution in [1.29, 1.82) is 0 Å². The second kappa shape index (κ2) is 5.16. The molecular weight excluding hydrogens is 266 g/mol. The standard InChI is InChI=1S/C12H15N3OS2/c1-3-8-7(2)18-11-10(8)12(16)15(6-14-11)5-4-9(13)17/h6H,3-5H2,1-2H3,(H2,13,17). The van der Waals surface area contributed by atoms with Crippen LogP contribution >= 0.6 is 23.6 Å². The Kier molecular flexibility index (Phi) is 3.77. The summed E-state index contributed by atoms with van der Waals surface area (Å²) >= 11 is 6.41. The van der Waals surface area contributed by atoms with E-state index in [4.69, 9.17) is 18.0 Å². The molecule has 0 saturated carbocycles. The normalized spacial score (nSPS) is 11.0. The summed E-state index contributed by atoms with van der Waals surface area (Å²) in [5, 5.41) is 0.755. The van der Waals surface area contributed by atoms with Crippen LogP contribution in [0.2, 0.25) is 0 Å². The molecular formula is C12H15N3OS2. The molecule has 0 aliphatic rings. The number of thiophene rings is 1. The second-order valence-corrected chi connectivity index (χ2v) is 5.86. The zero-order valence-electron chi connectivity index (χ0n) is 10.4. The van der Waals surface area contributed by atoms with Crippen LogP contribution < -0.4 is 11.3 Å². The Hall–Kier alpha value is -1.27. The molecule has 0 fully saturated rings. The Morgan fingerprint density at radius 1 is 1.61 bits per heavy atom. The van der Waals surface area contributed by atoms with E-state index in [9.17, 15) is 4.79 Å². The van der Waals surface area contributed by atoms with Crippen molar-refractivity contribution in [2.45, 2.75) is 33.2 Å². The van der Waals surface area contributed by atoms with Gasteiger partial charge >= 0.3 is 0 Å². The minimum atomic E-state index is 0.0115. The molecule has 0 saturated heterocycles. The van der Waals surface area contributed by atoms with E-state index in [0.717, 1.165) is 22.2 Å². The fourth-order valence-electron chi connectivity index (χ4n) is 2.01. The number of rotatable bonds is 4. The Labute approximate surface area is 114 Å². The third-order valence-corrected chi connectivity index (χ3v) is 4.19. The molecule has 18 heavy (non-hydrogen) atoms. The summed E-state index contributed by atoms with van der Waals surface area (Å²) in [5.41, 5.74) is 6.58. The smallest absolute Gasteiger partial charge is 0.262 e. The monoisotopic (exact) mass is 281 g/mol. The van der Waals surface area contributed by atoms with Crippen molar-refractivity contribution in [3.05, 3.63) is 27.1 Å². The maximum Gasteiger partial charge on any atom is 0.262 e. The van der Waals surface area contributed by atoms with Gasteiger partial charge in [-0.15, -0.1) is 11.3 Å². The second-order valence-electron chi connectivity index (χ2n) is 4.13. The maximum absolute atomic E-state index is 12.4. The van der Waals surface area contributed by atoms with Crippen molar-refractivity contribution in [3.63, 3.8) is 0 Å². The first-order chi connectivity index (χ1) is 8.54. The lowest BCUT2D eigenvalue weighted by atomic mass is 10.1. The molecule has 0 aliphatic heterocycles. The molecule has 0 radical (unpaired) electrons. The molecule has 2 heterocycles. The van der Waals surface area contributed by atoms with Crippen molar-refractivity contribution >= 4 is 38.8 Å². The predicted molar refractivity (Wildman–Crippen MR) is 79.4 cm³/mol. The largest absolute Gasteiger partial charge is 0.393 e. The molecule has 0 bridgehead atoms. The van der Waals surface area contributed by atoms with Crippen molar-refractivity contribution in [2.75, 3.05) is 0 Å². The van der Waals surface area contributed by atoms with Crippen molar-refractivity contribution in [3.8, 4) is 0 Å². The Bertz CT molecular complexity index is 657. The first-order valence-corrected chi connectivity index (χ1v) is 7.02. The van der Waals surface area contributed by atoms with Crippen LogP contribution in [-0.4, -0.2) is 14.5 Å². The van der Waals surface area contributed by atoms with Gasteiger partial charge in [0.15, 0.2) is 0 Å². The van der Waals surface area contributed by atoms with Gasteiger partial charge in [-0.05, 0) is 18.9 Å². The van der Waals surface area contributed by atoms with Crippen LogP contribution in [0.5, 0.6) is 0 Å². The third-order valence-electron chi connectivity index (χ3n) is 2.93. The highest BCUT2D eigenvalue weighted by atomic mass is 32.1. The molecule has 0 atom stereocenters. The Morgan fingerprint density at radius 2 is 2.33 bits per heavy atom. The van der Waals surface area contributed by atoms with Gasteiger partial charge in [0.25, 0.3) is 5.56 Å². The number of aryl methyl sites for hydroxylation is 3. The van der Waals surface area contributed by atoms with Crippen molar-refractivity contribution in [1.82, 2.24) is 9.55 Å². The van der Waals surface area contributed by atoms with Crippen LogP contribution in [0.15, 0.2) is 11.1 Å². The Balaban J connectivity index is 2.55. The highest BCUT2D eigenvalue weighted by molar-refractivity contribution is 7.80. The molecule has 2 aromatic rings. The lowest BCUT2D eigenvalue weighted by molar-refractivity contribution is 0.688. The molecule has 0 amide bonds. The van der Waals surface area contributed by atoms with Gasteiger partial charge in [-0.25, -0.2) is 4.98 Å². The minimum absolute atomic E-state index is 0.0115. The molecule has 2 N–H and O–H groups in total. The van der Waals surface area contributed by atoms with Crippen molar-refractivity contribution in [2.24, 2.45) is 5.73 Å². The van der Waals surface area contributed by atoms with Gasteiger partial charge in [-0.1, -0.05) is 19.1 Å².